The van der Waals surface area contributed by atoms with Gasteiger partial charge in [0.1, 0.15) is 0 Å². The Kier molecular flexibility index (Phi) is 7.41. The number of rotatable bonds is 6. The van der Waals surface area contributed by atoms with Crippen LogP contribution < -0.4 is 5.32 Å². The highest BCUT2D eigenvalue weighted by Gasteiger charge is 2.10. The highest BCUT2D eigenvalue weighted by Crippen LogP contribution is 2.07. The van der Waals surface area contributed by atoms with Gasteiger partial charge in [-0.2, -0.15) is 0 Å². The van der Waals surface area contributed by atoms with E-state index in [-0.39, 0.29) is 18.6 Å². The smallest absolute Gasteiger partial charge is 0.252 e. The lowest BCUT2D eigenvalue weighted by atomic mass is 10.1. The Morgan fingerprint density at radius 1 is 1.45 bits per heavy atom. The summed E-state index contributed by atoms with van der Waals surface area (Å²) in [6.07, 6.45) is 0.383. The number of carbonyl (C=O) groups is 1. The van der Waals surface area contributed by atoms with Crippen LogP contribution in [-0.4, -0.2) is 36.9 Å². The first kappa shape index (κ1) is 16.2. The van der Waals surface area contributed by atoms with Gasteiger partial charge in [-0.05, 0) is 26.0 Å². The van der Waals surface area contributed by atoms with Gasteiger partial charge in [-0.1, -0.05) is 24.0 Å². The Labute approximate surface area is 120 Å². The van der Waals surface area contributed by atoms with Gasteiger partial charge >= 0.3 is 0 Å². The number of aliphatic hydroxyl groups is 1. The monoisotopic (exact) mass is 275 g/mol. The van der Waals surface area contributed by atoms with Gasteiger partial charge in [-0.25, -0.2) is 0 Å². The van der Waals surface area contributed by atoms with Gasteiger partial charge in [0.2, 0.25) is 0 Å². The van der Waals surface area contributed by atoms with E-state index in [1.807, 2.05) is 19.9 Å². The fourth-order valence-electron chi connectivity index (χ4n) is 1.68. The topological polar surface area (TPSA) is 58.6 Å². The Hall–Kier alpha value is -1.83. The van der Waals surface area contributed by atoms with Crippen LogP contribution >= 0.6 is 0 Å². The first-order chi connectivity index (χ1) is 9.69. The molecule has 1 aromatic rings. The molecule has 0 aliphatic carbocycles. The van der Waals surface area contributed by atoms with Crippen LogP contribution in [0.3, 0.4) is 0 Å². The van der Waals surface area contributed by atoms with Crippen molar-refractivity contribution in [3.05, 3.63) is 35.4 Å². The van der Waals surface area contributed by atoms with E-state index in [0.29, 0.717) is 30.7 Å². The molecule has 1 amide bonds. The van der Waals surface area contributed by atoms with Crippen LogP contribution in [0.1, 0.15) is 36.2 Å². The maximum Gasteiger partial charge on any atom is 0.252 e. The second-order valence-electron chi connectivity index (χ2n) is 4.30. The van der Waals surface area contributed by atoms with Crippen molar-refractivity contribution in [3.8, 4) is 11.8 Å². The molecule has 20 heavy (non-hydrogen) atoms. The maximum atomic E-state index is 12.1. The largest absolute Gasteiger partial charge is 0.395 e. The van der Waals surface area contributed by atoms with E-state index in [4.69, 9.17) is 9.84 Å². The number of hydrogen-bond donors (Lipinski definition) is 2. The van der Waals surface area contributed by atoms with Gasteiger partial charge in [0, 0.05) is 25.1 Å². The number of amides is 1. The normalized spacial score (nSPS) is 11.3. The van der Waals surface area contributed by atoms with Crippen molar-refractivity contribution in [2.75, 3.05) is 19.8 Å². The molecule has 0 saturated carbocycles. The molecule has 2 N–H and O–H groups in total. The molecule has 0 bridgehead atoms. The van der Waals surface area contributed by atoms with Crippen molar-refractivity contribution < 1.29 is 14.6 Å². The van der Waals surface area contributed by atoms with E-state index < -0.39 is 0 Å². The number of carbonyl (C=O) groups excluding carboxylic acids is 1. The zero-order valence-electron chi connectivity index (χ0n) is 12.0. The molecule has 0 aliphatic rings. The standard InChI is InChI=1S/C16H21NO3/c1-3-20-13(2)12-17-16(19)15-10-5-4-8-14(15)9-6-7-11-18/h4-5,8,10,13,18H,3,7,11-12H2,1-2H3,(H,17,19). The van der Waals surface area contributed by atoms with Crippen molar-refractivity contribution in [2.45, 2.75) is 26.4 Å². The van der Waals surface area contributed by atoms with Crippen LogP contribution in [0.2, 0.25) is 0 Å². The molecule has 0 aliphatic heterocycles. The van der Waals surface area contributed by atoms with E-state index in [2.05, 4.69) is 17.2 Å². The zero-order chi connectivity index (χ0) is 14.8. The summed E-state index contributed by atoms with van der Waals surface area (Å²) in [5, 5.41) is 11.6. The average Bonchev–Trinajstić information content (AvgIpc) is 2.46. The molecule has 0 radical (unpaired) electrons. The zero-order valence-corrected chi connectivity index (χ0v) is 12.0. The molecule has 0 spiro atoms. The minimum absolute atomic E-state index is 0.0171. The summed E-state index contributed by atoms with van der Waals surface area (Å²) in [5.41, 5.74) is 1.21. The lowest BCUT2D eigenvalue weighted by Crippen LogP contribution is -2.32. The Morgan fingerprint density at radius 2 is 2.20 bits per heavy atom. The molecular weight excluding hydrogens is 254 g/mol. The van der Waals surface area contributed by atoms with E-state index in [1.54, 1.807) is 18.2 Å². The molecule has 1 unspecified atom stereocenters. The highest BCUT2D eigenvalue weighted by molar-refractivity contribution is 5.96. The molecule has 0 heterocycles. The van der Waals surface area contributed by atoms with Crippen LogP contribution in [0, 0.1) is 11.8 Å². The first-order valence-corrected chi connectivity index (χ1v) is 6.77. The number of hydrogen-bond acceptors (Lipinski definition) is 3. The molecule has 4 nitrogen and oxygen atoms in total. The quantitative estimate of drug-likeness (QED) is 0.775. The molecule has 4 heteroatoms. The van der Waals surface area contributed by atoms with E-state index >= 15 is 0 Å². The Morgan fingerprint density at radius 3 is 2.90 bits per heavy atom. The molecular formula is C16H21NO3. The van der Waals surface area contributed by atoms with Crippen LogP contribution in [-0.2, 0) is 4.74 Å². The third-order valence-electron chi connectivity index (χ3n) is 2.63. The molecule has 108 valence electrons. The minimum Gasteiger partial charge on any atom is -0.395 e. The number of nitrogens with one attached hydrogen (secondary N) is 1. The average molecular weight is 275 g/mol. The number of aliphatic hydroxyl groups excluding tert-OH is 1. The molecule has 0 aromatic heterocycles. The lowest BCUT2D eigenvalue weighted by molar-refractivity contribution is 0.0695. The van der Waals surface area contributed by atoms with Gasteiger partial charge in [0.25, 0.3) is 5.91 Å². The maximum absolute atomic E-state index is 12.1. The predicted octanol–water partition coefficient (Wildman–Crippen LogP) is 1.58. The first-order valence-electron chi connectivity index (χ1n) is 6.77. The van der Waals surface area contributed by atoms with Crippen molar-refractivity contribution >= 4 is 5.91 Å². The summed E-state index contributed by atoms with van der Waals surface area (Å²) in [6.45, 7) is 4.94. The predicted molar refractivity (Wildman–Crippen MR) is 78.4 cm³/mol. The van der Waals surface area contributed by atoms with Crippen LogP contribution in [0.15, 0.2) is 24.3 Å². The van der Waals surface area contributed by atoms with Crippen molar-refractivity contribution in [1.82, 2.24) is 5.32 Å². The lowest BCUT2D eigenvalue weighted by Gasteiger charge is -2.13. The van der Waals surface area contributed by atoms with Crippen molar-refractivity contribution in [1.29, 1.82) is 0 Å². The summed E-state index contributed by atoms with van der Waals surface area (Å²) in [7, 11) is 0. The van der Waals surface area contributed by atoms with Gasteiger partial charge in [0.05, 0.1) is 18.3 Å². The van der Waals surface area contributed by atoms with Gasteiger partial charge < -0.3 is 15.2 Å². The third-order valence-corrected chi connectivity index (χ3v) is 2.63. The van der Waals surface area contributed by atoms with Crippen molar-refractivity contribution in [3.63, 3.8) is 0 Å². The summed E-state index contributed by atoms with van der Waals surface area (Å²) < 4.78 is 5.37. The molecule has 0 fully saturated rings. The fourth-order valence-corrected chi connectivity index (χ4v) is 1.68. The molecule has 1 aromatic carbocycles. The summed E-state index contributed by atoms with van der Waals surface area (Å²) in [5.74, 6) is 5.57. The fraction of sp³-hybridized carbons (Fsp3) is 0.438. The van der Waals surface area contributed by atoms with Gasteiger partial charge in [-0.3, -0.25) is 4.79 Å². The minimum atomic E-state index is -0.162. The van der Waals surface area contributed by atoms with E-state index in [0.717, 1.165) is 0 Å². The number of ether oxygens (including phenoxy) is 1. The van der Waals surface area contributed by atoms with Crippen LogP contribution in [0.5, 0.6) is 0 Å². The molecule has 1 atom stereocenters. The summed E-state index contributed by atoms with van der Waals surface area (Å²) in [4.78, 5) is 12.1. The number of benzene rings is 1. The second kappa shape index (κ2) is 9.13. The van der Waals surface area contributed by atoms with Crippen molar-refractivity contribution in [2.24, 2.45) is 0 Å². The second-order valence-corrected chi connectivity index (χ2v) is 4.30. The van der Waals surface area contributed by atoms with E-state index in [1.165, 1.54) is 0 Å². The van der Waals surface area contributed by atoms with E-state index in [9.17, 15) is 4.79 Å². The molecule has 0 saturated heterocycles. The summed E-state index contributed by atoms with van der Waals surface area (Å²) in [6, 6.07) is 7.18. The SMILES string of the molecule is CCOC(C)CNC(=O)c1ccccc1C#CCCO. The van der Waals surface area contributed by atoms with Gasteiger partial charge in [0.15, 0.2) is 0 Å². The molecule has 1 rings (SSSR count). The van der Waals surface area contributed by atoms with Crippen LogP contribution in [0.4, 0.5) is 0 Å². The Bertz CT molecular complexity index is 488. The van der Waals surface area contributed by atoms with Crippen LogP contribution in [0.25, 0.3) is 0 Å². The Balaban J connectivity index is 2.71. The third kappa shape index (κ3) is 5.43. The van der Waals surface area contributed by atoms with Gasteiger partial charge in [-0.15, -0.1) is 0 Å². The summed E-state index contributed by atoms with van der Waals surface area (Å²) >= 11 is 0. The highest BCUT2D eigenvalue weighted by atomic mass is 16.5.